The van der Waals surface area contributed by atoms with Gasteiger partial charge < -0.3 is 14.5 Å². The summed E-state index contributed by atoms with van der Waals surface area (Å²) in [4.78, 5) is 11.9. The number of nitrogens with zero attached hydrogens (tertiary/aromatic N) is 3. The number of nitrogens with one attached hydrogen (secondary N) is 1. The van der Waals surface area contributed by atoms with Gasteiger partial charge in [-0.25, -0.2) is 0 Å². The number of benzene rings is 2. The lowest BCUT2D eigenvalue weighted by atomic mass is 10.1. The van der Waals surface area contributed by atoms with Gasteiger partial charge in [0.25, 0.3) is 5.91 Å². The Morgan fingerprint density at radius 2 is 1.92 bits per heavy atom. The number of nitriles is 1. The molecule has 1 heterocycles. The molecule has 0 unspecified atom stereocenters. The van der Waals surface area contributed by atoms with Crippen LogP contribution in [0.4, 0.5) is 5.69 Å². The predicted molar refractivity (Wildman–Crippen MR) is 89.6 cm³/mol. The van der Waals surface area contributed by atoms with Crippen LogP contribution in [0.1, 0.15) is 5.56 Å². The molecule has 3 rings (SSSR count). The monoisotopic (exact) mass is 334 g/mol. The largest absolute Gasteiger partial charge is 0.484 e. The van der Waals surface area contributed by atoms with Gasteiger partial charge in [-0.2, -0.15) is 5.26 Å². The minimum atomic E-state index is -0.269. The maximum absolute atomic E-state index is 11.9. The van der Waals surface area contributed by atoms with E-state index in [0.29, 0.717) is 23.7 Å². The Balaban J connectivity index is 1.51. The number of carbonyl (C=O) groups is 1. The van der Waals surface area contributed by atoms with E-state index >= 15 is 0 Å². The second-order valence-corrected chi connectivity index (χ2v) is 5.14. The highest BCUT2D eigenvalue weighted by Crippen LogP contribution is 2.20. The fourth-order valence-electron chi connectivity index (χ4n) is 2.14. The Bertz CT molecular complexity index is 866. The average molecular weight is 334 g/mol. The van der Waals surface area contributed by atoms with Gasteiger partial charge in [0.15, 0.2) is 6.61 Å². The third-order valence-corrected chi connectivity index (χ3v) is 3.35. The van der Waals surface area contributed by atoms with Crippen LogP contribution in [0.2, 0.25) is 0 Å². The van der Waals surface area contributed by atoms with Crippen molar-refractivity contribution in [1.29, 1.82) is 5.26 Å². The van der Waals surface area contributed by atoms with E-state index in [1.807, 2.05) is 0 Å². The molecule has 0 saturated carbocycles. The Morgan fingerprint density at radius 1 is 1.16 bits per heavy atom. The summed E-state index contributed by atoms with van der Waals surface area (Å²) in [5.41, 5.74) is 2.33. The van der Waals surface area contributed by atoms with Gasteiger partial charge in [-0.1, -0.05) is 12.1 Å². The molecule has 7 nitrogen and oxygen atoms in total. The van der Waals surface area contributed by atoms with Crippen LogP contribution in [-0.4, -0.2) is 22.7 Å². The summed E-state index contributed by atoms with van der Waals surface area (Å²) in [5.74, 6) is 0.709. The van der Waals surface area contributed by atoms with Crippen LogP contribution < -0.4 is 10.1 Å². The van der Waals surface area contributed by atoms with Crippen LogP contribution in [-0.2, 0) is 11.2 Å². The van der Waals surface area contributed by atoms with E-state index in [9.17, 15) is 4.79 Å². The second kappa shape index (κ2) is 7.75. The lowest BCUT2D eigenvalue weighted by molar-refractivity contribution is -0.118. The minimum absolute atomic E-state index is 0.111. The van der Waals surface area contributed by atoms with Gasteiger partial charge in [0.2, 0.25) is 12.3 Å². The number of amides is 1. The Hall–Kier alpha value is -3.66. The molecule has 124 valence electrons. The molecule has 0 aliphatic heterocycles. The van der Waals surface area contributed by atoms with E-state index in [0.717, 1.165) is 11.1 Å². The predicted octanol–water partition coefficient (Wildman–Crippen LogP) is 2.82. The Morgan fingerprint density at radius 3 is 2.56 bits per heavy atom. The number of carbonyl (C=O) groups excluding carboxylic acids is 1. The van der Waals surface area contributed by atoms with Crippen LogP contribution in [0.25, 0.3) is 11.5 Å². The maximum atomic E-state index is 11.9. The summed E-state index contributed by atoms with van der Waals surface area (Å²) < 4.78 is 10.6. The number of aromatic nitrogens is 2. The average Bonchev–Trinajstić information content (AvgIpc) is 3.17. The molecule has 7 heteroatoms. The summed E-state index contributed by atoms with van der Waals surface area (Å²) in [7, 11) is 0. The zero-order chi connectivity index (χ0) is 17.5. The molecule has 0 aliphatic carbocycles. The van der Waals surface area contributed by atoms with Crippen molar-refractivity contribution in [3.05, 3.63) is 60.5 Å². The summed E-state index contributed by atoms with van der Waals surface area (Å²) in [6.45, 7) is -0.111. The highest BCUT2D eigenvalue weighted by atomic mass is 16.5. The van der Waals surface area contributed by atoms with Gasteiger partial charge in [-0.15, -0.1) is 10.2 Å². The summed E-state index contributed by atoms with van der Waals surface area (Å²) in [6, 6.07) is 16.2. The first kappa shape index (κ1) is 16.2. The molecular weight excluding hydrogens is 320 g/mol. The Kier molecular flexibility index (Phi) is 5.02. The number of rotatable bonds is 6. The summed E-state index contributed by atoms with van der Waals surface area (Å²) in [5, 5.41) is 18.8. The smallest absolute Gasteiger partial charge is 0.262 e. The normalized spacial score (nSPS) is 10.0. The molecule has 0 atom stereocenters. The van der Waals surface area contributed by atoms with Crippen LogP contribution >= 0.6 is 0 Å². The molecule has 3 aromatic rings. The highest BCUT2D eigenvalue weighted by Gasteiger charge is 2.06. The fraction of sp³-hybridized carbons (Fsp3) is 0.111. The molecule has 0 bridgehead atoms. The third-order valence-electron chi connectivity index (χ3n) is 3.35. The van der Waals surface area contributed by atoms with Crippen molar-refractivity contribution in [2.45, 2.75) is 6.42 Å². The van der Waals surface area contributed by atoms with Crippen LogP contribution in [0.5, 0.6) is 5.75 Å². The van der Waals surface area contributed by atoms with Gasteiger partial charge >= 0.3 is 0 Å². The molecule has 0 fully saturated rings. The van der Waals surface area contributed by atoms with E-state index in [2.05, 4.69) is 21.6 Å². The minimum Gasteiger partial charge on any atom is -0.484 e. The fourth-order valence-corrected chi connectivity index (χ4v) is 2.14. The quantitative estimate of drug-likeness (QED) is 0.744. The molecule has 25 heavy (non-hydrogen) atoms. The first-order chi connectivity index (χ1) is 12.2. The topological polar surface area (TPSA) is 101 Å². The first-order valence-corrected chi connectivity index (χ1v) is 7.50. The SMILES string of the molecule is N#CCc1ccc(NC(=O)COc2ccc(-c3nnco3)cc2)cc1. The lowest BCUT2D eigenvalue weighted by Crippen LogP contribution is -2.20. The maximum Gasteiger partial charge on any atom is 0.262 e. The molecule has 0 aliphatic rings. The van der Waals surface area contributed by atoms with E-state index in [4.69, 9.17) is 14.4 Å². The zero-order valence-electron chi connectivity index (χ0n) is 13.2. The molecule has 0 saturated heterocycles. The molecule has 1 amide bonds. The van der Waals surface area contributed by atoms with Crippen LogP contribution in [0.3, 0.4) is 0 Å². The van der Waals surface area contributed by atoms with Gasteiger partial charge in [-0.05, 0) is 42.0 Å². The van der Waals surface area contributed by atoms with Gasteiger partial charge in [0.1, 0.15) is 5.75 Å². The zero-order valence-corrected chi connectivity index (χ0v) is 13.2. The number of hydrogen-bond donors (Lipinski definition) is 1. The molecule has 0 spiro atoms. The Labute approximate surface area is 143 Å². The third kappa shape index (κ3) is 4.42. The van der Waals surface area contributed by atoms with Crippen molar-refractivity contribution in [2.75, 3.05) is 11.9 Å². The van der Waals surface area contributed by atoms with Gasteiger partial charge in [0.05, 0.1) is 12.5 Å². The summed E-state index contributed by atoms with van der Waals surface area (Å²) >= 11 is 0. The van der Waals surface area contributed by atoms with E-state index in [1.54, 1.807) is 48.5 Å². The molecule has 1 N–H and O–H groups in total. The van der Waals surface area contributed by atoms with Crippen LogP contribution in [0, 0.1) is 11.3 Å². The molecule has 0 radical (unpaired) electrons. The molecular formula is C18H14N4O3. The highest BCUT2D eigenvalue weighted by molar-refractivity contribution is 5.91. The van der Waals surface area contributed by atoms with Crippen molar-refractivity contribution in [1.82, 2.24) is 10.2 Å². The first-order valence-electron chi connectivity index (χ1n) is 7.50. The number of ether oxygens (including phenoxy) is 1. The van der Waals surface area contributed by atoms with Crippen molar-refractivity contribution in [3.8, 4) is 23.3 Å². The van der Waals surface area contributed by atoms with Crippen molar-refractivity contribution < 1.29 is 13.9 Å². The van der Waals surface area contributed by atoms with Crippen molar-refractivity contribution >= 4 is 11.6 Å². The molecule has 2 aromatic carbocycles. The van der Waals surface area contributed by atoms with Crippen LogP contribution in [0.15, 0.2) is 59.3 Å². The standard InChI is InChI=1S/C18H14N4O3/c19-10-9-13-1-5-15(6-2-13)21-17(23)11-24-16-7-3-14(4-8-16)18-22-20-12-25-18/h1-8,12H,9,11H2,(H,21,23). The van der Waals surface area contributed by atoms with Gasteiger partial charge in [0, 0.05) is 11.3 Å². The number of hydrogen-bond acceptors (Lipinski definition) is 6. The second-order valence-electron chi connectivity index (χ2n) is 5.14. The number of anilines is 1. The summed E-state index contributed by atoms with van der Waals surface area (Å²) in [6.07, 6.45) is 1.61. The molecule has 1 aromatic heterocycles. The van der Waals surface area contributed by atoms with Crippen molar-refractivity contribution in [2.24, 2.45) is 0 Å². The van der Waals surface area contributed by atoms with E-state index in [1.165, 1.54) is 6.39 Å². The van der Waals surface area contributed by atoms with E-state index < -0.39 is 0 Å². The lowest BCUT2D eigenvalue weighted by Gasteiger charge is -2.08. The van der Waals surface area contributed by atoms with Crippen molar-refractivity contribution in [3.63, 3.8) is 0 Å². The van der Waals surface area contributed by atoms with Gasteiger partial charge in [-0.3, -0.25) is 4.79 Å². The van der Waals surface area contributed by atoms with E-state index in [-0.39, 0.29) is 12.5 Å².